The Labute approximate surface area is 154 Å². The summed E-state index contributed by atoms with van der Waals surface area (Å²) in [7, 11) is 1.96. The van der Waals surface area contributed by atoms with E-state index >= 15 is 0 Å². The van der Waals surface area contributed by atoms with Crippen molar-refractivity contribution in [1.29, 1.82) is 0 Å². The molecule has 0 aliphatic carbocycles. The van der Waals surface area contributed by atoms with Crippen molar-refractivity contribution >= 4 is 27.3 Å². The molecular formula is C19H19BrN2OS. The maximum atomic E-state index is 6.05. The molecule has 0 saturated heterocycles. The Morgan fingerprint density at radius 3 is 2.79 bits per heavy atom. The highest BCUT2D eigenvalue weighted by molar-refractivity contribution is 9.10. The van der Waals surface area contributed by atoms with Crippen LogP contribution in [0.15, 0.2) is 58.4 Å². The summed E-state index contributed by atoms with van der Waals surface area (Å²) in [5.74, 6) is 0.854. The van der Waals surface area contributed by atoms with Gasteiger partial charge in [0.25, 0.3) is 0 Å². The molecule has 1 N–H and O–H groups in total. The van der Waals surface area contributed by atoms with E-state index in [1.165, 1.54) is 0 Å². The van der Waals surface area contributed by atoms with Crippen LogP contribution in [0.5, 0.6) is 5.75 Å². The number of hydrogen-bond donors (Lipinski definition) is 1. The van der Waals surface area contributed by atoms with Crippen LogP contribution in [0.25, 0.3) is 11.3 Å². The zero-order valence-electron chi connectivity index (χ0n) is 13.5. The SMILES string of the molecule is CNCCc1nc(-c2cc(Br)ccc2OCc2ccccc2)cs1. The van der Waals surface area contributed by atoms with Crippen molar-refractivity contribution in [2.24, 2.45) is 0 Å². The van der Waals surface area contributed by atoms with E-state index in [1.54, 1.807) is 11.3 Å². The highest BCUT2D eigenvalue weighted by Crippen LogP contribution is 2.34. The van der Waals surface area contributed by atoms with Crippen LogP contribution >= 0.6 is 27.3 Å². The number of benzene rings is 2. The zero-order chi connectivity index (χ0) is 16.8. The molecule has 1 heterocycles. The Balaban J connectivity index is 1.81. The lowest BCUT2D eigenvalue weighted by Gasteiger charge is -2.11. The largest absolute Gasteiger partial charge is 0.488 e. The predicted octanol–water partition coefficient (Wildman–Crippen LogP) is 4.91. The third-order valence-electron chi connectivity index (χ3n) is 3.60. The summed E-state index contributed by atoms with van der Waals surface area (Å²) in [6.07, 6.45) is 0.940. The normalized spacial score (nSPS) is 10.8. The molecular weight excluding hydrogens is 384 g/mol. The number of likely N-dealkylation sites (N-methyl/N-ethyl adjacent to an activating group) is 1. The number of aromatic nitrogens is 1. The van der Waals surface area contributed by atoms with Gasteiger partial charge >= 0.3 is 0 Å². The second-order valence-corrected chi connectivity index (χ2v) is 7.25. The van der Waals surface area contributed by atoms with Gasteiger partial charge in [0, 0.05) is 28.4 Å². The van der Waals surface area contributed by atoms with Crippen molar-refractivity contribution in [1.82, 2.24) is 10.3 Å². The number of hydrogen-bond acceptors (Lipinski definition) is 4. The monoisotopic (exact) mass is 402 g/mol. The zero-order valence-corrected chi connectivity index (χ0v) is 15.9. The highest BCUT2D eigenvalue weighted by atomic mass is 79.9. The number of nitrogens with zero attached hydrogens (tertiary/aromatic N) is 1. The average Bonchev–Trinajstić information content (AvgIpc) is 3.08. The van der Waals surface area contributed by atoms with Gasteiger partial charge in [-0.1, -0.05) is 46.3 Å². The predicted molar refractivity (Wildman–Crippen MR) is 104 cm³/mol. The van der Waals surface area contributed by atoms with Crippen LogP contribution in [0.4, 0.5) is 0 Å². The van der Waals surface area contributed by atoms with E-state index in [0.717, 1.165) is 45.0 Å². The fourth-order valence-electron chi connectivity index (χ4n) is 2.34. The number of thiazole rings is 1. The van der Waals surface area contributed by atoms with Crippen LogP contribution in [-0.2, 0) is 13.0 Å². The third-order valence-corrected chi connectivity index (χ3v) is 5.00. The van der Waals surface area contributed by atoms with E-state index in [-0.39, 0.29) is 0 Å². The Morgan fingerprint density at radius 1 is 1.17 bits per heavy atom. The summed E-state index contributed by atoms with van der Waals surface area (Å²) in [5, 5.41) is 6.39. The van der Waals surface area contributed by atoms with Gasteiger partial charge < -0.3 is 10.1 Å². The summed E-state index contributed by atoms with van der Waals surface area (Å²) < 4.78 is 7.08. The van der Waals surface area contributed by atoms with E-state index in [9.17, 15) is 0 Å². The van der Waals surface area contributed by atoms with Gasteiger partial charge in [-0.05, 0) is 30.8 Å². The summed E-state index contributed by atoms with van der Waals surface area (Å²) in [5.41, 5.74) is 3.14. The molecule has 5 heteroatoms. The molecule has 0 atom stereocenters. The molecule has 0 amide bonds. The van der Waals surface area contributed by atoms with Crippen molar-refractivity contribution in [3.8, 4) is 17.0 Å². The van der Waals surface area contributed by atoms with Crippen molar-refractivity contribution in [2.75, 3.05) is 13.6 Å². The first-order valence-electron chi connectivity index (χ1n) is 7.82. The molecule has 1 aromatic heterocycles. The lowest BCUT2D eigenvalue weighted by atomic mass is 10.1. The quantitative estimate of drug-likeness (QED) is 0.609. The molecule has 0 radical (unpaired) electrons. The Hall–Kier alpha value is -1.69. The fraction of sp³-hybridized carbons (Fsp3) is 0.211. The molecule has 0 fully saturated rings. The number of nitrogens with one attached hydrogen (secondary N) is 1. The first-order chi connectivity index (χ1) is 11.8. The molecule has 2 aromatic carbocycles. The molecule has 0 spiro atoms. The van der Waals surface area contributed by atoms with Gasteiger partial charge in [-0.2, -0.15) is 0 Å². The molecule has 3 rings (SSSR count). The van der Waals surface area contributed by atoms with E-state index in [4.69, 9.17) is 9.72 Å². The minimum absolute atomic E-state index is 0.548. The first kappa shape index (κ1) is 17.1. The Morgan fingerprint density at radius 2 is 2.00 bits per heavy atom. The fourth-order valence-corrected chi connectivity index (χ4v) is 3.50. The lowest BCUT2D eigenvalue weighted by Crippen LogP contribution is -2.09. The number of rotatable bonds is 7. The minimum atomic E-state index is 0.548. The highest BCUT2D eigenvalue weighted by Gasteiger charge is 2.11. The molecule has 0 bridgehead atoms. The van der Waals surface area contributed by atoms with Gasteiger partial charge in [-0.15, -0.1) is 11.3 Å². The van der Waals surface area contributed by atoms with Crippen molar-refractivity contribution in [3.63, 3.8) is 0 Å². The van der Waals surface area contributed by atoms with Gasteiger partial charge in [-0.3, -0.25) is 0 Å². The molecule has 24 heavy (non-hydrogen) atoms. The molecule has 0 saturated carbocycles. The second-order valence-electron chi connectivity index (χ2n) is 5.39. The van der Waals surface area contributed by atoms with Crippen molar-refractivity contribution in [2.45, 2.75) is 13.0 Å². The molecule has 3 aromatic rings. The second kappa shape index (κ2) is 8.42. The average molecular weight is 403 g/mol. The number of ether oxygens (including phenoxy) is 1. The van der Waals surface area contributed by atoms with Gasteiger partial charge in [0.2, 0.25) is 0 Å². The molecule has 3 nitrogen and oxygen atoms in total. The van der Waals surface area contributed by atoms with Crippen LogP contribution in [0.3, 0.4) is 0 Å². The molecule has 0 aliphatic heterocycles. The van der Waals surface area contributed by atoms with E-state index in [1.807, 2.05) is 37.4 Å². The standard InChI is InChI=1S/C19H19BrN2OS/c1-21-10-9-19-22-17(13-24-19)16-11-15(20)7-8-18(16)23-12-14-5-3-2-4-6-14/h2-8,11,13,21H,9-10,12H2,1H3. The van der Waals surface area contributed by atoms with Gasteiger partial charge in [0.05, 0.1) is 10.7 Å². The van der Waals surface area contributed by atoms with Crippen LogP contribution in [0.1, 0.15) is 10.6 Å². The Bertz CT molecular complexity index is 789. The maximum absolute atomic E-state index is 6.05. The summed E-state index contributed by atoms with van der Waals surface area (Å²) in [4.78, 5) is 4.75. The summed E-state index contributed by atoms with van der Waals surface area (Å²) in [6, 6.07) is 16.3. The third kappa shape index (κ3) is 4.44. The number of halogens is 1. The van der Waals surface area contributed by atoms with Gasteiger partial charge in [-0.25, -0.2) is 4.98 Å². The van der Waals surface area contributed by atoms with Crippen LogP contribution in [-0.4, -0.2) is 18.6 Å². The van der Waals surface area contributed by atoms with E-state index < -0.39 is 0 Å². The lowest BCUT2D eigenvalue weighted by molar-refractivity contribution is 0.307. The van der Waals surface area contributed by atoms with Crippen LogP contribution in [0, 0.1) is 0 Å². The van der Waals surface area contributed by atoms with Crippen molar-refractivity contribution < 1.29 is 4.74 Å². The summed E-state index contributed by atoms with van der Waals surface area (Å²) >= 11 is 5.24. The summed E-state index contributed by atoms with van der Waals surface area (Å²) in [6.45, 7) is 1.48. The Kier molecular flexibility index (Phi) is 6.01. The van der Waals surface area contributed by atoms with E-state index in [2.05, 4.69) is 44.8 Å². The molecule has 124 valence electrons. The van der Waals surface area contributed by atoms with Gasteiger partial charge in [0.15, 0.2) is 0 Å². The topological polar surface area (TPSA) is 34.2 Å². The van der Waals surface area contributed by atoms with Crippen LogP contribution < -0.4 is 10.1 Å². The van der Waals surface area contributed by atoms with Crippen LogP contribution in [0.2, 0.25) is 0 Å². The first-order valence-corrected chi connectivity index (χ1v) is 9.49. The molecule has 0 unspecified atom stereocenters. The van der Waals surface area contributed by atoms with Crippen molar-refractivity contribution in [3.05, 3.63) is 69.0 Å². The van der Waals surface area contributed by atoms with E-state index in [0.29, 0.717) is 6.61 Å². The maximum Gasteiger partial charge on any atom is 0.129 e. The minimum Gasteiger partial charge on any atom is -0.488 e. The molecule has 0 aliphatic rings. The smallest absolute Gasteiger partial charge is 0.129 e. The van der Waals surface area contributed by atoms with Gasteiger partial charge in [0.1, 0.15) is 12.4 Å².